The predicted octanol–water partition coefficient (Wildman–Crippen LogP) is 5.06. The summed E-state index contributed by atoms with van der Waals surface area (Å²) in [6.45, 7) is 2.51. The lowest BCUT2D eigenvalue weighted by Gasteiger charge is -2.35. The maximum atomic E-state index is 13.0. The van der Waals surface area contributed by atoms with E-state index in [4.69, 9.17) is 0 Å². The highest BCUT2D eigenvalue weighted by molar-refractivity contribution is 5.98. The molecule has 0 unspecified atom stereocenters. The molecule has 0 amide bonds. The maximum absolute atomic E-state index is 13.0. The Balaban J connectivity index is 1.27. The summed E-state index contributed by atoms with van der Waals surface area (Å²) in [4.78, 5) is 21.9. The number of nitriles is 1. The van der Waals surface area contributed by atoms with Crippen LogP contribution in [0.15, 0.2) is 54.7 Å². The summed E-state index contributed by atoms with van der Waals surface area (Å²) in [6.07, 6.45) is -2.95. The fourth-order valence-electron chi connectivity index (χ4n) is 4.69. The summed E-state index contributed by atoms with van der Waals surface area (Å²) in [6, 6.07) is 13.5. The van der Waals surface area contributed by atoms with Crippen molar-refractivity contribution >= 4 is 22.3 Å². The zero-order valence-corrected chi connectivity index (χ0v) is 19.9. The highest BCUT2D eigenvalue weighted by Crippen LogP contribution is 2.38. The van der Waals surface area contributed by atoms with Crippen LogP contribution >= 0.6 is 0 Å². The normalized spacial score (nSPS) is 14.5. The molecule has 38 heavy (non-hydrogen) atoms. The molecule has 1 aliphatic heterocycles. The second kappa shape index (κ2) is 9.68. The number of piperazine rings is 1. The summed E-state index contributed by atoms with van der Waals surface area (Å²) in [5.74, 6) is -0.0381. The molecule has 1 saturated heterocycles. The second-order valence-corrected chi connectivity index (χ2v) is 8.99. The van der Waals surface area contributed by atoms with E-state index in [1.54, 1.807) is 35.4 Å². The van der Waals surface area contributed by atoms with Crippen molar-refractivity contribution in [2.75, 3.05) is 31.1 Å². The molecule has 0 aliphatic carbocycles. The van der Waals surface area contributed by atoms with Crippen LogP contribution in [0.25, 0.3) is 22.2 Å². The first kappa shape index (κ1) is 25.0. The van der Waals surface area contributed by atoms with Crippen molar-refractivity contribution in [3.8, 4) is 23.2 Å². The number of benzene rings is 2. The van der Waals surface area contributed by atoms with E-state index in [1.165, 1.54) is 6.07 Å². The number of aromatic nitrogens is 2. The number of anilines is 1. The molecule has 3 heterocycles. The lowest BCUT2D eigenvalue weighted by Crippen LogP contribution is -2.46. The third-order valence-corrected chi connectivity index (χ3v) is 6.61. The zero-order valence-electron chi connectivity index (χ0n) is 19.9. The first-order valence-corrected chi connectivity index (χ1v) is 11.7. The number of aromatic hydroxyl groups is 1. The van der Waals surface area contributed by atoms with Crippen LogP contribution in [0.2, 0.25) is 0 Å². The van der Waals surface area contributed by atoms with Gasteiger partial charge in [-0.25, -0.2) is 0 Å². The van der Waals surface area contributed by atoms with E-state index in [0.717, 1.165) is 11.6 Å². The first-order valence-electron chi connectivity index (χ1n) is 11.7. The van der Waals surface area contributed by atoms with Crippen LogP contribution in [0, 0.1) is 21.4 Å². The molecule has 2 aromatic carbocycles. The van der Waals surface area contributed by atoms with Gasteiger partial charge in [-0.15, -0.1) is 0 Å². The number of nitrogens with zero attached hydrogens (tertiary/aromatic N) is 5. The molecule has 5 rings (SSSR count). The number of nitro benzene ring substituents is 1. The minimum Gasteiger partial charge on any atom is -0.494 e. The van der Waals surface area contributed by atoms with Crippen LogP contribution < -0.4 is 4.90 Å². The third-order valence-electron chi connectivity index (χ3n) is 6.61. The average Bonchev–Trinajstić information content (AvgIpc) is 3.23. The number of hydrogen-bond donors (Lipinski definition) is 2. The van der Waals surface area contributed by atoms with Gasteiger partial charge in [-0.2, -0.15) is 18.4 Å². The van der Waals surface area contributed by atoms with Crippen molar-refractivity contribution in [3.05, 3.63) is 81.5 Å². The fourth-order valence-corrected chi connectivity index (χ4v) is 4.69. The predicted molar refractivity (Wildman–Crippen MR) is 133 cm³/mol. The second-order valence-electron chi connectivity index (χ2n) is 8.99. The number of alkyl halides is 3. The van der Waals surface area contributed by atoms with Gasteiger partial charge in [0.15, 0.2) is 5.88 Å². The van der Waals surface area contributed by atoms with E-state index in [0.29, 0.717) is 66.5 Å². The molecule has 0 radical (unpaired) electrons. The minimum atomic E-state index is -4.65. The van der Waals surface area contributed by atoms with Crippen molar-refractivity contribution in [3.63, 3.8) is 0 Å². The van der Waals surface area contributed by atoms with Gasteiger partial charge in [-0.3, -0.25) is 20.0 Å². The van der Waals surface area contributed by atoms with E-state index in [-0.39, 0.29) is 11.6 Å². The molecule has 1 aliphatic rings. The van der Waals surface area contributed by atoms with E-state index < -0.39 is 22.4 Å². The van der Waals surface area contributed by atoms with Crippen molar-refractivity contribution in [2.45, 2.75) is 12.7 Å². The molecule has 12 heteroatoms. The Hall–Kier alpha value is -4.63. The SMILES string of the molecule is N#Cc1ccc2[nH]c(O)c(-c3ccc(CN4CCN(c5ccc(C(F)(F)F)cc5[N+](=O)[O-])CC4)cn3)c2c1. The Morgan fingerprint density at radius 2 is 1.87 bits per heavy atom. The monoisotopic (exact) mass is 522 g/mol. The van der Waals surface area contributed by atoms with Crippen LogP contribution in [0.1, 0.15) is 16.7 Å². The summed E-state index contributed by atoms with van der Waals surface area (Å²) in [5.41, 5.74) is 1.70. The Bertz CT molecular complexity index is 1550. The molecule has 4 aromatic rings. The number of hydrogen-bond acceptors (Lipinski definition) is 7. The number of aromatic amines is 1. The first-order chi connectivity index (χ1) is 18.1. The van der Waals surface area contributed by atoms with Crippen LogP contribution in [0.5, 0.6) is 5.88 Å². The zero-order chi connectivity index (χ0) is 27.0. The van der Waals surface area contributed by atoms with Crippen LogP contribution in [0.4, 0.5) is 24.5 Å². The Morgan fingerprint density at radius 1 is 1.11 bits per heavy atom. The lowest BCUT2D eigenvalue weighted by molar-refractivity contribution is -0.384. The van der Waals surface area contributed by atoms with Gasteiger partial charge in [0.05, 0.1) is 33.4 Å². The van der Waals surface area contributed by atoms with E-state index in [2.05, 4.69) is 20.9 Å². The highest BCUT2D eigenvalue weighted by Gasteiger charge is 2.34. The van der Waals surface area contributed by atoms with Crippen molar-refractivity contribution in [2.24, 2.45) is 0 Å². The molecule has 0 saturated carbocycles. The Labute approximate surface area is 214 Å². The molecular formula is C26H21F3N6O3. The maximum Gasteiger partial charge on any atom is 0.416 e. The molecule has 1 fully saturated rings. The molecule has 0 atom stereocenters. The summed E-state index contributed by atoms with van der Waals surface area (Å²) in [5, 5.41) is 31.8. The van der Waals surface area contributed by atoms with E-state index >= 15 is 0 Å². The molecule has 9 nitrogen and oxygen atoms in total. The summed E-state index contributed by atoms with van der Waals surface area (Å²) in [7, 11) is 0. The summed E-state index contributed by atoms with van der Waals surface area (Å²) < 4.78 is 39.0. The van der Waals surface area contributed by atoms with Gasteiger partial charge < -0.3 is 15.0 Å². The van der Waals surface area contributed by atoms with Gasteiger partial charge in [0.2, 0.25) is 0 Å². The molecule has 194 valence electrons. The van der Waals surface area contributed by atoms with Gasteiger partial charge in [0.1, 0.15) is 5.69 Å². The smallest absolute Gasteiger partial charge is 0.416 e. The number of rotatable bonds is 5. The quantitative estimate of drug-likeness (QED) is 0.278. The number of nitro groups is 1. The van der Waals surface area contributed by atoms with Crippen LogP contribution in [0.3, 0.4) is 0 Å². The molecule has 2 N–H and O–H groups in total. The number of pyridine rings is 1. The topological polar surface area (TPSA) is 122 Å². The molecular weight excluding hydrogens is 501 g/mol. The standard InChI is InChI=1S/C26H21F3N6O3/c27-26(28,29)18-3-6-22(23(12-18)35(37)38)34-9-7-33(8-10-34)15-17-2-5-21(31-14-17)24-19-11-16(13-30)1-4-20(19)32-25(24)36/h1-6,11-12,14,32,36H,7-10,15H2. The fraction of sp³-hybridized carbons (Fsp3) is 0.231. The largest absolute Gasteiger partial charge is 0.494 e. The van der Waals surface area contributed by atoms with Crippen molar-refractivity contribution in [1.29, 1.82) is 5.26 Å². The van der Waals surface area contributed by atoms with Crippen LogP contribution in [-0.4, -0.2) is 51.1 Å². The molecule has 0 bridgehead atoms. The van der Waals surface area contributed by atoms with Crippen molar-refractivity contribution in [1.82, 2.24) is 14.9 Å². The minimum absolute atomic E-state index is 0.0381. The van der Waals surface area contributed by atoms with Crippen LogP contribution in [-0.2, 0) is 12.7 Å². The number of H-pyrrole nitrogens is 1. The average molecular weight is 522 g/mol. The van der Waals surface area contributed by atoms with Gasteiger partial charge in [0.25, 0.3) is 5.69 Å². The van der Waals surface area contributed by atoms with Crippen molar-refractivity contribution < 1.29 is 23.2 Å². The van der Waals surface area contributed by atoms with Gasteiger partial charge in [-0.05, 0) is 42.0 Å². The lowest BCUT2D eigenvalue weighted by atomic mass is 10.1. The van der Waals surface area contributed by atoms with Gasteiger partial charge in [-0.1, -0.05) is 6.07 Å². The molecule has 0 spiro atoms. The van der Waals surface area contributed by atoms with Gasteiger partial charge >= 0.3 is 6.18 Å². The van der Waals surface area contributed by atoms with E-state index in [1.807, 2.05) is 6.07 Å². The number of halogens is 3. The Morgan fingerprint density at radius 3 is 2.50 bits per heavy atom. The van der Waals surface area contributed by atoms with Gasteiger partial charge in [0, 0.05) is 55.9 Å². The number of nitrogens with one attached hydrogen (secondary N) is 1. The molecule has 2 aromatic heterocycles. The summed E-state index contributed by atoms with van der Waals surface area (Å²) >= 11 is 0. The third kappa shape index (κ3) is 4.83. The van der Waals surface area contributed by atoms with E-state index in [9.17, 15) is 33.7 Å². The Kier molecular flexibility index (Phi) is 6.38. The highest BCUT2D eigenvalue weighted by atomic mass is 19.4. The number of fused-ring (bicyclic) bond motifs is 1.